The molecule has 2 N–H and O–H groups in total. The highest BCUT2D eigenvalue weighted by molar-refractivity contribution is 5.64. The van der Waals surface area contributed by atoms with Crippen molar-refractivity contribution in [1.29, 1.82) is 0 Å². The van der Waals surface area contributed by atoms with Crippen LogP contribution in [0.15, 0.2) is 24.3 Å². The van der Waals surface area contributed by atoms with E-state index >= 15 is 0 Å². The van der Waals surface area contributed by atoms with Gasteiger partial charge in [-0.3, -0.25) is 4.79 Å². The molecule has 0 bridgehead atoms. The Balaban J connectivity index is 2.33. The van der Waals surface area contributed by atoms with E-state index < -0.39 is 12.4 Å². The summed E-state index contributed by atoms with van der Waals surface area (Å²) in [5.41, 5.74) is 0. The van der Waals surface area contributed by atoms with E-state index in [0.717, 1.165) is 0 Å². The first kappa shape index (κ1) is 12.1. The fraction of sp³-hybridized carbons (Fsp3) is 0.500. The summed E-state index contributed by atoms with van der Waals surface area (Å²) in [6.45, 7) is 0.0340. The van der Waals surface area contributed by atoms with Crippen molar-refractivity contribution in [2.75, 3.05) is 13.2 Å². The number of carbonyl (C=O) groups excluding carboxylic acids is 1. The van der Waals surface area contributed by atoms with Gasteiger partial charge in [-0.15, -0.1) is 0 Å². The van der Waals surface area contributed by atoms with Gasteiger partial charge in [0.2, 0.25) is 0 Å². The van der Waals surface area contributed by atoms with Gasteiger partial charge in [0.15, 0.2) is 6.29 Å². The molecule has 0 aromatic heterocycles. The zero-order valence-corrected chi connectivity index (χ0v) is 8.15. The minimum Gasteiger partial charge on any atom is -0.393 e. The summed E-state index contributed by atoms with van der Waals surface area (Å²) in [5, 5.41) is 17.6. The lowest BCUT2D eigenvalue weighted by atomic mass is 10.3. The van der Waals surface area contributed by atoms with Gasteiger partial charge >= 0.3 is 0 Å². The van der Waals surface area contributed by atoms with Gasteiger partial charge in [-0.2, -0.15) is 0 Å². The first-order chi connectivity index (χ1) is 7.26. The van der Waals surface area contributed by atoms with Gasteiger partial charge in [-0.1, -0.05) is 12.2 Å². The van der Waals surface area contributed by atoms with Crippen LogP contribution < -0.4 is 0 Å². The summed E-state index contributed by atoms with van der Waals surface area (Å²) in [5.74, 6) is 0. The van der Waals surface area contributed by atoms with Crippen molar-refractivity contribution in [2.24, 2.45) is 0 Å². The summed E-state index contributed by atoms with van der Waals surface area (Å²) in [4.78, 5) is 10.0. The second kappa shape index (κ2) is 6.47. The Labute approximate surface area is 87.6 Å². The van der Waals surface area contributed by atoms with Gasteiger partial charge in [-0.25, -0.2) is 0 Å². The minimum absolute atomic E-state index is 0.240. The molecule has 0 aromatic rings. The summed E-state index contributed by atoms with van der Waals surface area (Å²) in [6.07, 6.45) is 4.87. The fourth-order valence-corrected chi connectivity index (χ4v) is 1.09. The Morgan fingerprint density at radius 3 is 2.93 bits per heavy atom. The van der Waals surface area contributed by atoms with Crippen LogP contribution >= 0.6 is 0 Å². The van der Waals surface area contributed by atoms with Gasteiger partial charge in [0.1, 0.15) is 12.4 Å². The van der Waals surface area contributed by atoms with Gasteiger partial charge < -0.3 is 19.7 Å². The monoisotopic (exact) mass is 214 g/mol. The standard InChI is InChI=1S/C10H14O5/c11-5-1-2-9-7-14-10(15-9)4-3-8(13)6-12/h1-5,8-10,12-13H,6-7H2. The number of rotatable bonds is 5. The normalized spacial score (nSPS) is 28.9. The molecule has 0 aromatic carbocycles. The molecule has 0 saturated carbocycles. The van der Waals surface area contributed by atoms with E-state index in [1.165, 1.54) is 18.2 Å². The van der Waals surface area contributed by atoms with E-state index in [4.69, 9.17) is 19.7 Å². The smallest absolute Gasteiger partial charge is 0.177 e. The molecule has 1 aliphatic rings. The molecule has 0 spiro atoms. The van der Waals surface area contributed by atoms with Crippen LogP contribution in [0.4, 0.5) is 0 Å². The lowest BCUT2D eigenvalue weighted by Crippen LogP contribution is -2.11. The van der Waals surface area contributed by atoms with Crippen molar-refractivity contribution in [3.63, 3.8) is 0 Å². The molecule has 1 rings (SSSR count). The number of ether oxygens (including phenoxy) is 2. The Morgan fingerprint density at radius 1 is 1.47 bits per heavy atom. The van der Waals surface area contributed by atoms with Gasteiger partial charge in [0.05, 0.1) is 19.3 Å². The van der Waals surface area contributed by atoms with Crippen LogP contribution in [0.1, 0.15) is 0 Å². The van der Waals surface area contributed by atoms with E-state index in [0.29, 0.717) is 12.9 Å². The van der Waals surface area contributed by atoms with E-state index in [-0.39, 0.29) is 12.7 Å². The van der Waals surface area contributed by atoms with Crippen LogP contribution in [0.25, 0.3) is 0 Å². The predicted molar refractivity (Wildman–Crippen MR) is 52.0 cm³/mol. The molecule has 0 amide bonds. The van der Waals surface area contributed by atoms with E-state index in [1.54, 1.807) is 6.08 Å². The Kier molecular flexibility index (Phi) is 5.20. The zero-order valence-electron chi connectivity index (χ0n) is 8.15. The molecule has 0 radical (unpaired) electrons. The number of aliphatic hydroxyl groups is 2. The van der Waals surface area contributed by atoms with Crippen molar-refractivity contribution < 1.29 is 24.5 Å². The number of aldehydes is 1. The molecular weight excluding hydrogens is 200 g/mol. The van der Waals surface area contributed by atoms with E-state index in [9.17, 15) is 4.79 Å². The average Bonchev–Trinajstić information content (AvgIpc) is 2.71. The summed E-state index contributed by atoms with van der Waals surface area (Å²) < 4.78 is 10.5. The number of allylic oxidation sites excluding steroid dienone is 1. The molecule has 1 fully saturated rings. The largest absolute Gasteiger partial charge is 0.393 e. The molecule has 1 heterocycles. The first-order valence-electron chi connectivity index (χ1n) is 4.62. The molecule has 0 aliphatic carbocycles. The number of hydrogen-bond donors (Lipinski definition) is 2. The lowest BCUT2D eigenvalue weighted by Gasteiger charge is -2.05. The average molecular weight is 214 g/mol. The molecule has 3 unspecified atom stereocenters. The van der Waals surface area contributed by atoms with Crippen molar-refractivity contribution in [3.05, 3.63) is 24.3 Å². The molecule has 5 nitrogen and oxygen atoms in total. The second-order valence-electron chi connectivity index (χ2n) is 3.03. The topological polar surface area (TPSA) is 76.0 Å². The van der Waals surface area contributed by atoms with Crippen molar-refractivity contribution in [2.45, 2.75) is 18.5 Å². The molecule has 3 atom stereocenters. The second-order valence-corrected chi connectivity index (χ2v) is 3.03. The maximum atomic E-state index is 10.0. The van der Waals surface area contributed by atoms with Crippen LogP contribution in [0.5, 0.6) is 0 Å². The minimum atomic E-state index is -0.901. The highest BCUT2D eigenvalue weighted by Gasteiger charge is 2.21. The molecule has 15 heavy (non-hydrogen) atoms. The summed E-state index contributed by atoms with van der Waals surface area (Å²) >= 11 is 0. The van der Waals surface area contributed by atoms with Crippen LogP contribution in [-0.4, -0.2) is 48.2 Å². The quantitative estimate of drug-likeness (QED) is 0.363. The number of carbonyl (C=O) groups is 1. The van der Waals surface area contributed by atoms with Crippen LogP contribution in [-0.2, 0) is 14.3 Å². The Morgan fingerprint density at radius 2 is 2.27 bits per heavy atom. The van der Waals surface area contributed by atoms with Gasteiger partial charge in [0.25, 0.3) is 0 Å². The van der Waals surface area contributed by atoms with Gasteiger partial charge in [-0.05, 0) is 12.2 Å². The van der Waals surface area contributed by atoms with Crippen molar-refractivity contribution in [1.82, 2.24) is 0 Å². The van der Waals surface area contributed by atoms with Crippen LogP contribution in [0.3, 0.4) is 0 Å². The first-order valence-corrected chi connectivity index (χ1v) is 4.62. The number of hydrogen-bond acceptors (Lipinski definition) is 5. The SMILES string of the molecule is O=CC=CC1COC(C=CC(O)CO)O1. The van der Waals surface area contributed by atoms with Crippen LogP contribution in [0.2, 0.25) is 0 Å². The third-order valence-electron chi connectivity index (χ3n) is 1.82. The summed E-state index contributed by atoms with van der Waals surface area (Å²) in [6, 6.07) is 0. The highest BCUT2D eigenvalue weighted by atomic mass is 16.7. The van der Waals surface area contributed by atoms with Crippen LogP contribution in [0, 0.1) is 0 Å². The highest BCUT2D eigenvalue weighted by Crippen LogP contribution is 2.13. The molecule has 1 saturated heterocycles. The van der Waals surface area contributed by atoms with Gasteiger partial charge in [0, 0.05) is 0 Å². The van der Waals surface area contributed by atoms with E-state index in [2.05, 4.69) is 0 Å². The van der Waals surface area contributed by atoms with Crippen molar-refractivity contribution in [3.8, 4) is 0 Å². The maximum Gasteiger partial charge on any atom is 0.177 e. The number of aliphatic hydroxyl groups excluding tert-OH is 2. The summed E-state index contributed by atoms with van der Waals surface area (Å²) in [7, 11) is 0. The zero-order chi connectivity index (χ0) is 11.1. The fourth-order valence-electron chi connectivity index (χ4n) is 1.09. The maximum absolute atomic E-state index is 10.0. The Hall–Kier alpha value is -1.01. The molecule has 1 aliphatic heterocycles. The lowest BCUT2D eigenvalue weighted by molar-refractivity contribution is -0.104. The third-order valence-corrected chi connectivity index (χ3v) is 1.82. The molecule has 5 heteroatoms. The Bertz CT molecular complexity index is 248. The molecule has 84 valence electrons. The van der Waals surface area contributed by atoms with E-state index in [1.807, 2.05) is 0 Å². The molecular formula is C10H14O5. The predicted octanol–water partition coefficient (Wildman–Crippen LogP) is -0.608. The third kappa shape index (κ3) is 4.35. The van der Waals surface area contributed by atoms with Crippen molar-refractivity contribution >= 4 is 6.29 Å².